The SMILES string of the molecule is COC1(CNS(=O)(=O)c2ccc(Cl)c(CO)c2)CCOC1. The summed E-state index contributed by atoms with van der Waals surface area (Å²) < 4.78 is 37.8. The van der Waals surface area contributed by atoms with E-state index in [1.807, 2.05) is 0 Å². The van der Waals surface area contributed by atoms with Crippen molar-refractivity contribution in [3.8, 4) is 0 Å². The van der Waals surface area contributed by atoms with Gasteiger partial charge in [0.05, 0.1) is 18.1 Å². The van der Waals surface area contributed by atoms with Gasteiger partial charge in [-0.05, 0) is 23.8 Å². The average Bonchev–Trinajstić information content (AvgIpc) is 2.95. The molecule has 2 N–H and O–H groups in total. The van der Waals surface area contributed by atoms with Crippen molar-refractivity contribution in [2.24, 2.45) is 0 Å². The van der Waals surface area contributed by atoms with E-state index in [4.69, 9.17) is 26.2 Å². The number of rotatable bonds is 6. The van der Waals surface area contributed by atoms with Crippen LogP contribution in [-0.4, -0.2) is 46.0 Å². The van der Waals surface area contributed by atoms with Gasteiger partial charge in [-0.1, -0.05) is 11.6 Å². The first-order valence-corrected chi connectivity index (χ1v) is 8.30. The first kappa shape index (κ1) is 16.7. The summed E-state index contributed by atoms with van der Waals surface area (Å²) in [6.45, 7) is 0.709. The minimum absolute atomic E-state index is 0.0566. The van der Waals surface area contributed by atoms with Crippen LogP contribution in [0.3, 0.4) is 0 Å². The number of aliphatic hydroxyl groups excluding tert-OH is 1. The van der Waals surface area contributed by atoms with Crippen LogP contribution in [0.25, 0.3) is 0 Å². The van der Waals surface area contributed by atoms with Gasteiger partial charge in [-0.2, -0.15) is 0 Å². The minimum atomic E-state index is -3.70. The van der Waals surface area contributed by atoms with E-state index in [-0.39, 0.29) is 18.0 Å². The second kappa shape index (κ2) is 6.60. The maximum Gasteiger partial charge on any atom is 0.240 e. The second-order valence-corrected chi connectivity index (χ2v) is 7.10. The van der Waals surface area contributed by atoms with Crippen LogP contribution in [0.2, 0.25) is 5.02 Å². The molecular weight excluding hydrogens is 318 g/mol. The summed E-state index contributed by atoms with van der Waals surface area (Å²) in [4.78, 5) is 0.0566. The maximum absolute atomic E-state index is 12.3. The number of halogens is 1. The number of hydrogen-bond acceptors (Lipinski definition) is 5. The van der Waals surface area contributed by atoms with E-state index >= 15 is 0 Å². The molecule has 0 amide bonds. The topological polar surface area (TPSA) is 84.9 Å². The van der Waals surface area contributed by atoms with E-state index in [0.717, 1.165) is 0 Å². The number of hydrogen-bond donors (Lipinski definition) is 2. The lowest BCUT2D eigenvalue weighted by molar-refractivity contribution is -0.0120. The molecule has 8 heteroatoms. The summed E-state index contributed by atoms with van der Waals surface area (Å²) >= 11 is 5.86. The maximum atomic E-state index is 12.3. The Morgan fingerprint density at radius 2 is 2.29 bits per heavy atom. The molecule has 21 heavy (non-hydrogen) atoms. The third-order valence-electron chi connectivity index (χ3n) is 3.58. The molecule has 1 saturated heterocycles. The highest BCUT2D eigenvalue weighted by atomic mass is 35.5. The van der Waals surface area contributed by atoms with Crippen molar-refractivity contribution in [1.29, 1.82) is 0 Å². The van der Waals surface area contributed by atoms with Crippen molar-refractivity contribution in [2.45, 2.75) is 23.5 Å². The van der Waals surface area contributed by atoms with Crippen molar-refractivity contribution >= 4 is 21.6 Å². The number of sulfonamides is 1. The van der Waals surface area contributed by atoms with Gasteiger partial charge in [0.15, 0.2) is 0 Å². The lowest BCUT2D eigenvalue weighted by Crippen LogP contribution is -2.44. The minimum Gasteiger partial charge on any atom is -0.392 e. The van der Waals surface area contributed by atoms with Crippen molar-refractivity contribution in [3.63, 3.8) is 0 Å². The van der Waals surface area contributed by atoms with Gasteiger partial charge in [0.2, 0.25) is 10.0 Å². The highest BCUT2D eigenvalue weighted by Crippen LogP contribution is 2.24. The van der Waals surface area contributed by atoms with Crippen molar-refractivity contribution in [3.05, 3.63) is 28.8 Å². The molecule has 0 spiro atoms. The molecule has 118 valence electrons. The Labute approximate surface area is 129 Å². The summed E-state index contributed by atoms with van der Waals surface area (Å²) in [5.41, 5.74) is -0.260. The van der Waals surface area contributed by atoms with Crippen LogP contribution in [0, 0.1) is 0 Å². The summed E-state index contributed by atoms with van der Waals surface area (Å²) in [5.74, 6) is 0. The summed E-state index contributed by atoms with van der Waals surface area (Å²) in [5, 5.41) is 9.48. The van der Waals surface area contributed by atoms with Gasteiger partial charge < -0.3 is 14.6 Å². The smallest absolute Gasteiger partial charge is 0.240 e. The molecule has 0 aliphatic carbocycles. The lowest BCUT2D eigenvalue weighted by atomic mass is 10.0. The fraction of sp³-hybridized carbons (Fsp3) is 0.538. The van der Waals surface area contributed by atoms with Crippen LogP contribution >= 0.6 is 11.6 Å². The molecule has 1 fully saturated rings. The predicted molar refractivity (Wildman–Crippen MR) is 77.7 cm³/mol. The number of methoxy groups -OCH3 is 1. The Bertz CT molecular complexity index is 599. The third kappa shape index (κ3) is 3.74. The molecule has 0 radical (unpaired) electrons. The zero-order valence-corrected chi connectivity index (χ0v) is 13.2. The fourth-order valence-corrected chi connectivity index (χ4v) is 3.45. The fourth-order valence-electron chi connectivity index (χ4n) is 2.11. The zero-order chi connectivity index (χ0) is 15.5. The molecule has 1 unspecified atom stereocenters. The van der Waals surface area contributed by atoms with Crippen LogP contribution < -0.4 is 4.72 Å². The third-order valence-corrected chi connectivity index (χ3v) is 5.35. The van der Waals surface area contributed by atoms with E-state index in [1.165, 1.54) is 25.3 Å². The predicted octanol–water partition coefficient (Wildman–Crippen LogP) is 0.916. The zero-order valence-electron chi connectivity index (χ0n) is 11.6. The number of aliphatic hydroxyl groups is 1. The van der Waals surface area contributed by atoms with E-state index < -0.39 is 15.6 Å². The van der Waals surface area contributed by atoms with Gasteiger partial charge in [-0.25, -0.2) is 13.1 Å². The van der Waals surface area contributed by atoms with E-state index in [9.17, 15) is 8.42 Å². The molecular formula is C13H18ClNO5S. The van der Waals surface area contributed by atoms with Crippen LogP contribution in [-0.2, 0) is 26.1 Å². The highest BCUT2D eigenvalue weighted by Gasteiger charge is 2.36. The quantitative estimate of drug-likeness (QED) is 0.807. The van der Waals surface area contributed by atoms with E-state index in [2.05, 4.69) is 4.72 Å². The van der Waals surface area contributed by atoms with E-state index in [1.54, 1.807) is 0 Å². The summed E-state index contributed by atoms with van der Waals surface area (Å²) in [6, 6.07) is 4.20. The van der Waals surface area contributed by atoms with Gasteiger partial charge in [0, 0.05) is 31.7 Å². The Morgan fingerprint density at radius 3 is 2.86 bits per heavy atom. The first-order chi connectivity index (χ1) is 9.92. The molecule has 1 aliphatic rings. The van der Waals surface area contributed by atoms with Gasteiger partial charge in [-0.3, -0.25) is 0 Å². The van der Waals surface area contributed by atoms with Crippen molar-refractivity contribution < 1.29 is 23.0 Å². The average molecular weight is 336 g/mol. The Morgan fingerprint density at radius 1 is 1.52 bits per heavy atom. The molecule has 1 atom stereocenters. The summed E-state index contributed by atoms with van der Waals surface area (Å²) in [6.07, 6.45) is 0.633. The van der Waals surface area contributed by atoms with Gasteiger partial charge >= 0.3 is 0 Å². The van der Waals surface area contributed by atoms with Gasteiger partial charge in [0.25, 0.3) is 0 Å². The van der Waals surface area contributed by atoms with E-state index in [0.29, 0.717) is 30.2 Å². The number of benzene rings is 1. The first-order valence-electron chi connectivity index (χ1n) is 6.44. The van der Waals surface area contributed by atoms with Gasteiger partial charge in [-0.15, -0.1) is 0 Å². The van der Waals surface area contributed by atoms with Crippen molar-refractivity contribution in [1.82, 2.24) is 4.72 Å². The highest BCUT2D eigenvalue weighted by molar-refractivity contribution is 7.89. The van der Waals surface area contributed by atoms with Crippen LogP contribution in [0.1, 0.15) is 12.0 Å². The van der Waals surface area contributed by atoms with Crippen LogP contribution in [0.5, 0.6) is 0 Å². The Hall–Kier alpha value is -0.700. The molecule has 0 bridgehead atoms. The Kier molecular flexibility index (Phi) is 5.24. The standard InChI is InChI=1S/C13H18ClNO5S/c1-19-13(4-5-20-9-13)8-15-21(17,18)11-2-3-12(14)10(6-11)7-16/h2-3,6,15-16H,4-5,7-9H2,1H3. The molecule has 0 saturated carbocycles. The molecule has 2 rings (SSSR count). The molecule has 1 aliphatic heterocycles. The molecule has 1 heterocycles. The normalized spacial score (nSPS) is 22.6. The summed E-state index contributed by atoms with van der Waals surface area (Å²) in [7, 11) is -2.16. The Balaban J connectivity index is 2.15. The second-order valence-electron chi connectivity index (χ2n) is 4.93. The molecule has 0 aromatic heterocycles. The molecule has 1 aromatic carbocycles. The van der Waals surface area contributed by atoms with Gasteiger partial charge in [0.1, 0.15) is 5.60 Å². The van der Waals surface area contributed by atoms with Crippen LogP contribution in [0.4, 0.5) is 0 Å². The largest absolute Gasteiger partial charge is 0.392 e. The van der Waals surface area contributed by atoms with Crippen LogP contribution in [0.15, 0.2) is 23.1 Å². The lowest BCUT2D eigenvalue weighted by Gasteiger charge is -2.25. The molecule has 6 nitrogen and oxygen atoms in total. The monoisotopic (exact) mass is 335 g/mol. The molecule has 1 aromatic rings. The number of nitrogens with one attached hydrogen (secondary N) is 1. The number of ether oxygens (including phenoxy) is 2. The van der Waals surface area contributed by atoms with Crippen molar-refractivity contribution in [2.75, 3.05) is 26.9 Å².